The van der Waals surface area contributed by atoms with Crippen molar-refractivity contribution in [3.8, 4) is 10.6 Å². The highest BCUT2D eigenvalue weighted by Gasteiger charge is 2.13. The van der Waals surface area contributed by atoms with Gasteiger partial charge in [0.25, 0.3) is 5.91 Å². The zero-order valence-electron chi connectivity index (χ0n) is 16.0. The molecule has 0 saturated carbocycles. The Morgan fingerprint density at radius 2 is 1.75 bits per heavy atom. The van der Waals surface area contributed by atoms with Gasteiger partial charge in [-0.15, -0.1) is 11.3 Å². The second-order valence-corrected chi connectivity index (χ2v) is 7.19. The fourth-order valence-corrected chi connectivity index (χ4v) is 3.60. The third-order valence-corrected chi connectivity index (χ3v) is 5.32. The number of rotatable bonds is 7. The lowest BCUT2D eigenvalue weighted by Gasteiger charge is -2.09. The van der Waals surface area contributed by atoms with E-state index >= 15 is 0 Å². The second kappa shape index (κ2) is 9.28. The van der Waals surface area contributed by atoms with Crippen LogP contribution >= 0.6 is 11.3 Å². The fraction of sp³-hybridized carbons (Fsp3) is 0.227. The van der Waals surface area contributed by atoms with E-state index < -0.39 is 0 Å². The first-order valence-electron chi connectivity index (χ1n) is 9.31. The molecule has 28 heavy (non-hydrogen) atoms. The molecule has 0 bridgehead atoms. The minimum atomic E-state index is -0.355. The van der Waals surface area contributed by atoms with E-state index in [1.165, 1.54) is 16.9 Å². The molecule has 0 spiro atoms. The summed E-state index contributed by atoms with van der Waals surface area (Å²) in [5.41, 5.74) is 4.39. The van der Waals surface area contributed by atoms with Gasteiger partial charge >= 0.3 is 0 Å². The quantitative estimate of drug-likeness (QED) is 0.629. The molecule has 2 amide bonds. The Morgan fingerprint density at radius 1 is 1.00 bits per heavy atom. The number of hydrogen-bond donors (Lipinski definition) is 2. The van der Waals surface area contributed by atoms with Gasteiger partial charge in [-0.25, -0.2) is 4.98 Å². The van der Waals surface area contributed by atoms with Crippen molar-refractivity contribution < 1.29 is 9.59 Å². The van der Waals surface area contributed by atoms with Crippen molar-refractivity contribution in [2.45, 2.75) is 26.7 Å². The third-order valence-electron chi connectivity index (χ3n) is 4.43. The number of benzene rings is 2. The van der Waals surface area contributed by atoms with E-state index in [4.69, 9.17) is 0 Å². The zero-order chi connectivity index (χ0) is 19.9. The van der Waals surface area contributed by atoms with Crippen LogP contribution in [0.5, 0.6) is 0 Å². The number of nitrogens with one attached hydrogen (secondary N) is 2. The molecule has 0 unspecified atom stereocenters. The summed E-state index contributed by atoms with van der Waals surface area (Å²) in [7, 11) is 0. The molecule has 144 valence electrons. The Bertz CT molecular complexity index is 964. The minimum Gasteiger partial charge on any atom is -0.342 e. The summed E-state index contributed by atoms with van der Waals surface area (Å²) in [4.78, 5) is 28.9. The number of amides is 2. The largest absolute Gasteiger partial charge is 0.342 e. The Morgan fingerprint density at radius 3 is 2.46 bits per heavy atom. The van der Waals surface area contributed by atoms with E-state index in [2.05, 4.69) is 34.7 Å². The lowest BCUT2D eigenvalue weighted by Crippen LogP contribution is -2.33. The van der Waals surface area contributed by atoms with Gasteiger partial charge in [-0.3, -0.25) is 9.59 Å². The van der Waals surface area contributed by atoms with Crippen molar-refractivity contribution in [1.82, 2.24) is 10.3 Å². The average Bonchev–Trinajstić information content (AvgIpc) is 3.23. The molecule has 2 N–H and O–H groups in total. The molecular formula is C22H23N3O2S. The Kier molecular flexibility index (Phi) is 6.55. The first kappa shape index (κ1) is 19.8. The van der Waals surface area contributed by atoms with Gasteiger partial charge in [0.05, 0.1) is 6.54 Å². The molecular weight excluding hydrogens is 370 g/mol. The van der Waals surface area contributed by atoms with Crippen LogP contribution in [0.2, 0.25) is 0 Å². The van der Waals surface area contributed by atoms with Gasteiger partial charge in [-0.1, -0.05) is 56.3 Å². The number of anilines is 1. The smallest absolute Gasteiger partial charge is 0.271 e. The van der Waals surface area contributed by atoms with Gasteiger partial charge in [0.15, 0.2) is 0 Å². The molecule has 0 fully saturated rings. The number of nitrogens with zero attached hydrogens (tertiary/aromatic N) is 1. The Labute approximate surface area is 168 Å². The van der Waals surface area contributed by atoms with Crippen LogP contribution in [0, 0.1) is 0 Å². The van der Waals surface area contributed by atoms with Crippen molar-refractivity contribution in [3.05, 3.63) is 70.7 Å². The molecule has 3 rings (SSSR count). The average molecular weight is 394 g/mol. The van der Waals surface area contributed by atoms with Gasteiger partial charge in [-0.05, 0) is 30.0 Å². The maximum absolute atomic E-state index is 12.3. The van der Waals surface area contributed by atoms with Crippen molar-refractivity contribution in [3.63, 3.8) is 0 Å². The van der Waals surface area contributed by atoms with E-state index in [0.29, 0.717) is 5.69 Å². The number of para-hydroxylation sites is 1. The van der Waals surface area contributed by atoms with Crippen molar-refractivity contribution in [1.29, 1.82) is 0 Å². The predicted molar refractivity (Wildman–Crippen MR) is 114 cm³/mol. The van der Waals surface area contributed by atoms with Crippen LogP contribution in [0.15, 0.2) is 53.9 Å². The van der Waals surface area contributed by atoms with Crippen LogP contribution in [0.4, 0.5) is 5.69 Å². The highest BCUT2D eigenvalue weighted by atomic mass is 32.1. The SMILES string of the molecule is CCc1ccc(-c2nc(C(=O)NCC(=O)Nc3ccccc3CC)cs2)cc1. The first-order chi connectivity index (χ1) is 13.6. The molecule has 1 aromatic heterocycles. The fourth-order valence-electron chi connectivity index (χ4n) is 2.79. The van der Waals surface area contributed by atoms with Crippen molar-refractivity contribution >= 4 is 28.8 Å². The summed E-state index contributed by atoms with van der Waals surface area (Å²) >= 11 is 1.41. The summed E-state index contributed by atoms with van der Waals surface area (Å²) in [6, 6.07) is 15.8. The highest BCUT2D eigenvalue weighted by molar-refractivity contribution is 7.13. The lowest BCUT2D eigenvalue weighted by atomic mass is 10.1. The van der Waals surface area contributed by atoms with E-state index in [-0.39, 0.29) is 18.4 Å². The van der Waals surface area contributed by atoms with Crippen LogP contribution in [-0.4, -0.2) is 23.3 Å². The van der Waals surface area contributed by atoms with Crippen molar-refractivity contribution in [2.24, 2.45) is 0 Å². The van der Waals surface area contributed by atoms with E-state index in [9.17, 15) is 9.59 Å². The summed E-state index contributed by atoms with van der Waals surface area (Å²) in [5.74, 6) is -0.619. The number of carbonyl (C=O) groups excluding carboxylic acids is 2. The summed E-state index contributed by atoms with van der Waals surface area (Å²) in [5, 5.41) is 7.97. The maximum Gasteiger partial charge on any atom is 0.271 e. The van der Waals surface area contributed by atoms with Crippen LogP contribution in [-0.2, 0) is 17.6 Å². The normalized spacial score (nSPS) is 10.5. The molecule has 2 aromatic carbocycles. The molecule has 0 aliphatic rings. The van der Waals surface area contributed by atoms with E-state index in [1.807, 2.05) is 43.3 Å². The Balaban J connectivity index is 1.57. The molecule has 1 heterocycles. The second-order valence-electron chi connectivity index (χ2n) is 6.33. The topological polar surface area (TPSA) is 71.1 Å². The van der Waals surface area contributed by atoms with Crippen LogP contribution in [0.25, 0.3) is 10.6 Å². The minimum absolute atomic E-state index is 0.102. The molecule has 5 nitrogen and oxygen atoms in total. The molecule has 3 aromatic rings. The molecule has 0 aliphatic carbocycles. The predicted octanol–water partition coefficient (Wildman–Crippen LogP) is 4.30. The van der Waals surface area contributed by atoms with Gasteiger partial charge in [0, 0.05) is 16.6 Å². The monoisotopic (exact) mass is 393 g/mol. The molecule has 0 radical (unpaired) electrons. The van der Waals surface area contributed by atoms with Crippen LogP contribution < -0.4 is 10.6 Å². The molecule has 6 heteroatoms. The highest BCUT2D eigenvalue weighted by Crippen LogP contribution is 2.24. The molecule has 0 aliphatic heterocycles. The number of thiazole rings is 1. The lowest BCUT2D eigenvalue weighted by molar-refractivity contribution is -0.115. The van der Waals surface area contributed by atoms with Crippen molar-refractivity contribution in [2.75, 3.05) is 11.9 Å². The number of hydrogen-bond acceptors (Lipinski definition) is 4. The summed E-state index contributed by atoms with van der Waals surface area (Å²) in [6.07, 6.45) is 1.81. The molecule has 0 saturated heterocycles. The van der Waals surface area contributed by atoms with Crippen LogP contribution in [0.3, 0.4) is 0 Å². The van der Waals surface area contributed by atoms with Crippen LogP contribution in [0.1, 0.15) is 35.5 Å². The van der Waals surface area contributed by atoms with E-state index in [0.717, 1.165) is 34.7 Å². The van der Waals surface area contributed by atoms with Gasteiger partial charge in [0.2, 0.25) is 5.91 Å². The summed E-state index contributed by atoms with van der Waals surface area (Å²) in [6.45, 7) is 4.04. The number of aromatic nitrogens is 1. The maximum atomic E-state index is 12.3. The first-order valence-corrected chi connectivity index (χ1v) is 10.2. The van der Waals surface area contributed by atoms with E-state index in [1.54, 1.807) is 5.38 Å². The van der Waals surface area contributed by atoms with Gasteiger partial charge < -0.3 is 10.6 Å². The zero-order valence-corrected chi connectivity index (χ0v) is 16.8. The third kappa shape index (κ3) is 4.84. The number of aryl methyl sites for hydroxylation is 2. The molecule has 0 atom stereocenters. The standard InChI is InChI=1S/C22H23N3O2S/c1-3-15-9-11-17(12-10-15)22-25-19(14-28-22)21(27)23-13-20(26)24-18-8-6-5-7-16(18)4-2/h5-12,14H,3-4,13H2,1-2H3,(H,23,27)(H,24,26). The summed E-state index contributed by atoms with van der Waals surface area (Å²) < 4.78 is 0. The van der Waals surface area contributed by atoms with Gasteiger partial charge in [0.1, 0.15) is 10.7 Å². The number of carbonyl (C=O) groups is 2. The van der Waals surface area contributed by atoms with Gasteiger partial charge in [-0.2, -0.15) is 0 Å². The Hall–Kier alpha value is -2.99.